The van der Waals surface area contributed by atoms with Gasteiger partial charge in [-0.3, -0.25) is 14.6 Å². The molecule has 0 saturated carbocycles. The summed E-state index contributed by atoms with van der Waals surface area (Å²) < 4.78 is 4.45. The van der Waals surface area contributed by atoms with Gasteiger partial charge >= 0.3 is 5.97 Å². The summed E-state index contributed by atoms with van der Waals surface area (Å²) in [6.45, 7) is 1.48. The lowest BCUT2D eigenvalue weighted by atomic mass is 10.0. The van der Waals surface area contributed by atoms with Crippen LogP contribution in [0.25, 0.3) is 0 Å². The highest BCUT2D eigenvalue weighted by Crippen LogP contribution is 2.06. The lowest BCUT2D eigenvalue weighted by molar-refractivity contribution is -0.143. The molecule has 0 aliphatic rings. The van der Waals surface area contributed by atoms with E-state index >= 15 is 0 Å². The first-order chi connectivity index (χ1) is 6.66. The van der Waals surface area contributed by atoms with Gasteiger partial charge in [0, 0.05) is 12.4 Å². The van der Waals surface area contributed by atoms with Gasteiger partial charge in [-0.05, 0) is 6.92 Å². The Hall–Kier alpha value is -1.78. The molecule has 0 aliphatic carbocycles. The van der Waals surface area contributed by atoms with Gasteiger partial charge in [-0.1, -0.05) is 0 Å². The van der Waals surface area contributed by atoms with Crippen molar-refractivity contribution in [3.8, 4) is 0 Å². The molecule has 0 unspecified atom stereocenters. The van der Waals surface area contributed by atoms with Crippen molar-refractivity contribution in [2.24, 2.45) is 5.92 Å². The molecule has 1 atom stereocenters. The normalized spacial score (nSPS) is 11.9. The summed E-state index contributed by atoms with van der Waals surface area (Å²) in [6.07, 6.45) is 4.18. The van der Waals surface area contributed by atoms with E-state index < -0.39 is 11.9 Å². The molecule has 0 saturated heterocycles. The Morgan fingerprint density at radius 1 is 1.43 bits per heavy atom. The molecule has 74 valence electrons. The second-order valence-electron chi connectivity index (χ2n) is 2.70. The van der Waals surface area contributed by atoms with Gasteiger partial charge in [-0.25, -0.2) is 4.98 Å². The summed E-state index contributed by atoms with van der Waals surface area (Å²) in [7, 11) is 1.24. The molecule has 1 aromatic heterocycles. The maximum absolute atomic E-state index is 11.5. The van der Waals surface area contributed by atoms with Crippen LogP contribution in [0.5, 0.6) is 0 Å². The van der Waals surface area contributed by atoms with Crippen LogP contribution in [0.1, 0.15) is 17.4 Å². The van der Waals surface area contributed by atoms with Gasteiger partial charge in [0.25, 0.3) is 0 Å². The standard InChI is InChI=1S/C9H10N2O3/c1-6(9(13)14-2)8(12)7-5-10-3-4-11-7/h3-6H,1-2H3/t6-/m1/s1. The van der Waals surface area contributed by atoms with Gasteiger partial charge in [-0.15, -0.1) is 0 Å². The first-order valence-corrected chi connectivity index (χ1v) is 4.05. The number of ketones is 1. The Bertz CT molecular complexity index is 337. The number of hydrogen-bond acceptors (Lipinski definition) is 5. The monoisotopic (exact) mass is 194 g/mol. The average Bonchev–Trinajstić information content (AvgIpc) is 2.27. The SMILES string of the molecule is COC(=O)[C@H](C)C(=O)c1cnccn1. The number of nitrogens with zero attached hydrogens (tertiary/aromatic N) is 2. The van der Waals surface area contributed by atoms with Crippen LogP contribution >= 0.6 is 0 Å². The predicted octanol–water partition coefficient (Wildman–Crippen LogP) is 0.468. The molecular weight excluding hydrogens is 184 g/mol. The number of aromatic nitrogens is 2. The number of carbonyl (C=O) groups is 2. The van der Waals surface area contributed by atoms with Crippen molar-refractivity contribution in [3.05, 3.63) is 24.3 Å². The fourth-order valence-electron chi connectivity index (χ4n) is 0.932. The van der Waals surface area contributed by atoms with E-state index in [9.17, 15) is 9.59 Å². The van der Waals surface area contributed by atoms with Crippen LogP contribution in [-0.2, 0) is 9.53 Å². The third kappa shape index (κ3) is 2.12. The van der Waals surface area contributed by atoms with Crippen LogP contribution < -0.4 is 0 Å². The number of carbonyl (C=O) groups excluding carboxylic acids is 2. The highest BCUT2D eigenvalue weighted by Gasteiger charge is 2.24. The number of rotatable bonds is 3. The van der Waals surface area contributed by atoms with Gasteiger partial charge in [0.2, 0.25) is 0 Å². The zero-order valence-corrected chi connectivity index (χ0v) is 7.93. The molecule has 0 amide bonds. The predicted molar refractivity (Wildman–Crippen MR) is 47.5 cm³/mol. The highest BCUT2D eigenvalue weighted by molar-refractivity contribution is 6.07. The fraction of sp³-hybridized carbons (Fsp3) is 0.333. The summed E-state index contributed by atoms with van der Waals surface area (Å²) in [4.78, 5) is 30.1. The first-order valence-electron chi connectivity index (χ1n) is 4.05. The second kappa shape index (κ2) is 4.45. The number of methoxy groups -OCH3 is 1. The van der Waals surface area contributed by atoms with Crippen molar-refractivity contribution >= 4 is 11.8 Å². The van der Waals surface area contributed by atoms with E-state index in [0.29, 0.717) is 0 Å². The van der Waals surface area contributed by atoms with E-state index in [1.54, 1.807) is 0 Å². The minimum Gasteiger partial charge on any atom is -0.468 e. The molecule has 0 bridgehead atoms. The second-order valence-corrected chi connectivity index (χ2v) is 2.70. The van der Waals surface area contributed by atoms with E-state index in [-0.39, 0.29) is 11.5 Å². The number of esters is 1. The van der Waals surface area contributed by atoms with Gasteiger partial charge in [0.1, 0.15) is 11.6 Å². The number of Topliss-reactive ketones (excluding diaryl/α,β-unsaturated/α-hetero) is 1. The summed E-state index contributed by atoms with van der Waals surface area (Å²) in [5.41, 5.74) is 0.172. The smallest absolute Gasteiger partial charge is 0.316 e. The molecule has 5 heteroatoms. The van der Waals surface area contributed by atoms with E-state index in [1.165, 1.54) is 32.6 Å². The maximum Gasteiger partial charge on any atom is 0.316 e. The number of hydrogen-bond donors (Lipinski definition) is 0. The van der Waals surface area contributed by atoms with E-state index in [2.05, 4.69) is 14.7 Å². The van der Waals surface area contributed by atoms with Crippen molar-refractivity contribution in [2.75, 3.05) is 7.11 Å². The highest BCUT2D eigenvalue weighted by atomic mass is 16.5. The fourth-order valence-corrected chi connectivity index (χ4v) is 0.932. The maximum atomic E-state index is 11.5. The van der Waals surface area contributed by atoms with Crippen LogP contribution in [-0.4, -0.2) is 28.8 Å². The van der Waals surface area contributed by atoms with Gasteiger partial charge in [0.05, 0.1) is 13.3 Å². The van der Waals surface area contributed by atoms with Crippen LogP contribution in [0.4, 0.5) is 0 Å². The largest absolute Gasteiger partial charge is 0.468 e. The Labute approximate surface area is 81.1 Å². The minimum atomic E-state index is -0.836. The van der Waals surface area contributed by atoms with Crippen LogP contribution in [0.3, 0.4) is 0 Å². The topological polar surface area (TPSA) is 69.2 Å². The molecule has 5 nitrogen and oxygen atoms in total. The van der Waals surface area contributed by atoms with E-state index in [1.807, 2.05) is 0 Å². The molecule has 0 aromatic carbocycles. The molecule has 1 rings (SSSR count). The van der Waals surface area contributed by atoms with E-state index in [4.69, 9.17) is 0 Å². The Morgan fingerprint density at radius 3 is 2.64 bits per heavy atom. The van der Waals surface area contributed by atoms with Gasteiger partial charge < -0.3 is 4.74 Å². The first kappa shape index (κ1) is 10.3. The molecular formula is C9H10N2O3. The third-order valence-electron chi connectivity index (χ3n) is 1.76. The van der Waals surface area contributed by atoms with Crippen LogP contribution in [0.15, 0.2) is 18.6 Å². The number of ether oxygens (including phenoxy) is 1. The van der Waals surface area contributed by atoms with E-state index in [0.717, 1.165) is 0 Å². The van der Waals surface area contributed by atoms with Crippen molar-refractivity contribution in [3.63, 3.8) is 0 Å². The molecule has 0 spiro atoms. The van der Waals surface area contributed by atoms with Gasteiger partial charge in [0.15, 0.2) is 5.78 Å². The lowest BCUT2D eigenvalue weighted by Gasteiger charge is -2.06. The molecule has 1 aromatic rings. The Morgan fingerprint density at radius 2 is 2.14 bits per heavy atom. The summed E-state index contributed by atoms with van der Waals surface area (Å²) in [6, 6.07) is 0. The quantitative estimate of drug-likeness (QED) is 0.397. The lowest BCUT2D eigenvalue weighted by Crippen LogP contribution is -2.23. The summed E-state index contributed by atoms with van der Waals surface area (Å²) >= 11 is 0. The third-order valence-corrected chi connectivity index (χ3v) is 1.76. The molecule has 0 fully saturated rings. The van der Waals surface area contributed by atoms with Crippen LogP contribution in [0, 0.1) is 5.92 Å². The Balaban J connectivity index is 2.81. The molecule has 14 heavy (non-hydrogen) atoms. The average molecular weight is 194 g/mol. The van der Waals surface area contributed by atoms with Gasteiger partial charge in [-0.2, -0.15) is 0 Å². The summed E-state index contributed by atoms with van der Waals surface area (Å²) in [5.74, 6) is -1.79. The molecule has 0 radical (unpaired) electrons. The zero-order valence-electron chi connectivity index (χ0n) is 7.93. The van der Waals surface area contributed by atoms with Crippen molar-refractivity contribution in [1.82, 2.24) is 9.97 Å². The van der Waals surface area contributed by atoms with Crippen molar-refractivity contribution in [1.29, 1.82) is 0 Å². The minimum absolute atomic E-state index is 0.172. The van der Waals surface area contributed by atoms with Crippen molar-refractivity contribution < 1.29 is 14.3 Å². The summed E-state index contributed by atoms with van der Waals surface area (Å²) in [5, 5.41) is 0. The van der Waals surface area contributed by atoms with Crippen molar-refractivity contribution in [2.45, 2.75) is 6.92 Å². The Kier molecular flexibility index (Phi) is 3.28. The van der Waals surface area contributed by atoms with Crippen LogP contribution in [0.2, 0.25) is 0 Å². The molecule has 0 aliphatic heterocycles. The zero-order chi connectivity index (χ0) is 10.6. The molecule has 0 N–H and O–H groups in total. The molecule has 1 heterocycles.